The SMILES string of the molecule is C[Si](C)(c1ccc(-c2c3ccccc3c(-c3ccccc3)c3ccc(-c4ccccc4)cc23)cc1)c1cccc2ccccc12. The zero-order chi connectivity index (χ0) is 30.4. The summed E-state index contributed by atoms with van der Waals surface area (Å²) in [4.78, 5) is 0. The van der Waals surface area contributed by atoms with E-state index in [1.54, 1.807) is 0 Å². The van der Waals surface area contributed by atoms with Gasteiger partial charge in [-0.3, -0.25) is 0 Å². The Morgan fingerprint density at radius 3 is 1.51 bits per heavy atom. The molecular weight excluding hydrogens is 557 g/mol. The average Bonchev–Trinajstić information content (AvgIpc) is 3.11. The fourth-order valence-corrected chi connectivity index (χ4v) is 9.92. The lowest BCUT2D eigenvalue weighted by Gasteiger charge is -2.26. The van der Waals surface area contributed by atoms with E-state index in [2.05, 4.69) is 183 Å². The Morgan fingerprint density at radius 2 is 0.822 bits per heavy atom. The molecular formula is C44H34Si. The Kier molecular flexibility index (Phi) is 6.70. The number of benzene rings is 8. The maximum absolute atomic E-state index is 2.48. The van der Waals surface area contributed by atoms with E-state index >= 15 is 0 Å². The normalized spacial score (nSPS) is 11.8. The fourth-order valence-electron chi connectivity index (χ4n) is 7.19. The predicted molar refractivity (Wildman–Crippen MR) is 198 cm³/mol. The molecule has 0 bridgehead atoms. The van der Waals surface area contributed by atoms with E-state index in [9.17, 15) is 0 Å². The van der Waals surface area contributed by atoms with Gasteiger partial charge in [0.1, 0.15) is 8.07 Å². The van der Waals surface area contributed by atoms with Gasteiger partial charge in [0.2, 0.25) is 0 Å². The molecule has 0 aliphatic heterocycles. The third-order valence-corrected chi connectivity index (χ3v) is 13.1. The molecule has 45 heavy (non-hydrogen) atoms. The first-order valence-electron chi connectivity index (χ1n) is 15.8. The predicted octanol–water partition coefficient (Wildman–Crippen LogP) is 11.0. The van der Waals surface area contributed by atoms with Crippen LogP contribution in [-0.4, -0.2) is 8.07 Å². The summed E-state index contributed by atoms with van der Waals surface area (Å²) in [5, 5.41) is 10.8. The van der Waals surface area contributed by atoms with Crippen LogP contribution in [0.3, 0.4) is 0 Å². The van der Waals surface area contributed by atoms with Crippen molar-refractivity contribution in [2.24, 2.45) is 0 Å². The van der Waals surface area contributed by atoms with Crippen LogP contribution in [-0.2, 0) is 0 Å². The van der Waals surface area contributed by atoms with Gasteiger partial charge in [-0.15, -0.1) is 0 Å². The van der Waals surface area contributed by atoms with Crippen LogP contribution in [0.5, 0.6) is 0 Å². The molecule has 0 heterocycles. The van der Waals surface area contributed by atoms with Crippen molar-refractivity contribution in [1.29, 1.82) is 0 Å². The average molecular weight is 591 g/mol. The molecule has 8 aromatic carbocycles. The van der Waals surface area contributed by atoms with Gasteiger partial charge in [0.25, 0.3) is 0 Å². The van der Waals surface area contributed by atoms with Gasteiger partial charge in [0, 0.05) is 0 Å². The van der Waals surface area contributed by atoms with Gasteiger partial charge in [-0.2, -0.15) is 0 Å². The van der Waals surface area contributed by atoms with Crippen molar-refractivity contribution in [3.05, 3.63) is 170 Å². The highest BCUT2D eigenvalue weighted by Gasteiger charge is 2.28. The first-order chi connectivity index (χ1) is 22.1. The highest BCUT2D eigenvalue weighted by Crippen LogP contribution is 2.44. The van der Waals surface area contributed by atoms with Gasteiger partial charge in [-0.05, 0) is 77.0 Å². The van der Waals surface area contributed by atoms with Crippen molar-refractivity contribution < 1.29 is 0 Å². The first-order valence-corrected chi connectivity index (χ1v) is 18.8. The van der Waals surface area contributed by atoms with Crippen LogP contribution in [0.4, 0.5) is 0 Å². The lowest BCUT2D eigenvalue weighted by molar-refractivity contribution is 1.63. The maximum atomic E-state index is 2.48. The van der Waals surface area contributed by atoms with E-state index in [-0.39, 0.29) is 0 Å². The Labute approximate surface area is 266 Å². The van der Waals surface area contributed by atoms with Gasteiger partial charge in [0.05, 0.1) is 0 Å². The molecule has 0 aliphatic rings. The number of hydrogen-bond donors (Lipinski definition) is 0. The molecule has 0 unspecified atom stereocenters. The number of rotatable bonds is 5. The molecule has 0 atom stereocenters. The summed E-state index contributed by atoms with van der Waals surface area (Å²) < 4.78 is 0. The second-order valence-electron chi connectivity index (χ2n) is 12.5. The Morgan fingerprint density at radius 1 is 0.333 bits per heavy atom. The second kappa shape index (κ2) is 11.0. The van der Waals surface area contributed by atoms with Crippen LogP contribution in [0.25, 0.3) is 65.7 Å². The van der Waals surface area contributed by atoms with Crippen LogP contribution in [0.2, 0.25) is 13.1 Å². The zero-order valence-corrected chi connectivity index (χ0v) is 26.7. The zero-order valence-electron chi connectivity index (χ0n) is 25.7. The molecule has 0 radical (unpaired) electrons. The van der Waals surface area contributed by atoms with Gasteiger partial charge in [0.15, 0.2) is 0 Å². The lowest BCUT2D eigenvalue weighted by Crippen LogP contribution is -2.53. The van der Waals surface area contributed by atoms with Crippen molar-refractivity contribution in [2.45, 2.75) is 13.1 Å². The maximum Gasteiger partial charge on any atom is 0.113 e. The van der Waals surface area contributed by atoms with E-state index in [0.717, 1.165) is 0 Å². The minimum Gasteiger partial charge on any atom is -0.0622 e. The van der Waals surface area contributed by atoms with Crippen molar-refractivity contribution in [3.63, 3.8) is 0 Å². The van der Waals surface area contributed by atoms with Crippen LogP contribution >= 0.6 is 0 Å². The number of hydrogen-bond acceptors (Lipinski definition) is 0. The Hall–Kier alpha value is -5.24. The van der Waals surface area contributed by atoms with Crippen LogP contribution in [0, 0.1) is 0 Å². The van der Waals surface area contributed by atoms with E-state index in [0.29, 0.717) is 0 Å². The van der Waals surface area contributed by atoms with Crippen LogP contribution in [0.15, 0.2) is 170 Å². The summed E-state index contributed by atoms with van der Waals surface area (Å²) in [5.74, 6) is 0. The van der Waals surface area contributed by atoms with Crippen molar-refractivity contribution in [2.75, 3.05) is 0 Å². The molecule has 0 amide bonds. The molecule has 0 nitrogen and oxygen atoms in total. The van der Waals surface area contributed by atoms with Crippen molar-refractivity contribution in [1.82, 2.24) is 0 Å². The molecule has 0 aliphatic carbocycles. The van der Waals surface area contributed by atoms with E-state index in [1.165, 1.54) is 76.1 Å². The molecule has 8 rings (SSSR count). The summed E-state index contributed by atoms with van der Waals surface area (Å²) in [5.41, 5.74) is 7.57. The standard InChI is InChI=1S/C44H34Si/c1-45(2,42-23-13-19-32-16-9-10-20-37(32)42)36-27-24-34(25-28-36)44-39-22-12-11-21-38(39)43(33-17-7-4-8-18-33)40-29-26-35(30-41(40)44)31-14-5-3-6-15-31/h3-30H,1-2H3. The summed E-state index contributed by atoms with van der Waals surface area (Å²) in [6, 6.07) is 62.7. The molecule has 214 valence electrons. The first kappa shape index (κ1) is 27.3. The lowest BCUT2D eigenvalue weighted by atomic mass is 9.85. The van der Waals surface area contributed by atoms with Gasteiger partial charge >= 0.3 is 0 Å². The van der Waals surface area contributed by atoms with Crippen molar-refractivity contribution in [3.8, 4) is 33.4 Å². The van der Waals surface area contributed by atoms with Crippen LogP contribution < -0.4 is 10.4 Å². The summed E-state index contributed by atoms with van der Waals surface area (Å²) in [6.07, 6.45) is 0. The highest BCUT2D eigenvalue weighted by atomic mass is 28.3. The fraction of sp³-hybridized carbons (Fsp3) is 0.0455. The van der Waals surface area contributed by atoms with Crippen LogP contribution in [0.1, 0.15) is 0 Å². The largest absolute Gasteiger partial charge is 0.113 e. The molecule has 0 saturated heterocycles. The smallest absolute Gasteiger partial charge is 0.0622 e. The minimum atomic E-state index is -1.96. The topological polar surface area (TPSA) is 0 Å². The van der Waals surface area contributed by atoms with Gasteiger partial charge in [-0.25, -0.2) is 0 Å². The third-order valence-electron chi connectivity index (χ3n) is 9.55. The quantitative estimate of drug-likeness (QED) is 0.138. The molecule has 0 N–H and O–H groups in total. The molecule has 1 heteroatoms. The van der Waals surface area contributed by atoms with E-state index in [1.807, 2.05) is 0 Å². The third kappa shape index (κ3) is 4.68. The molecule has 8 aromatic rings. The van der Waals surface area contributed by atoms with E-state index < -0.39 is 8.07 Å². The van der Waals surface area contributed by atoms with Gasteiger partial charge < -0.3 is 0 Å². The highest BCUT2D eigenvalue weighted by molar-refractivity contribution is 7.01. The van der Waals surface area contributed by atoms with E-state index in [4.69, 9.17) is 0 Å². The summed E-state index contributed by atoms with van der Waals surface area (Å²) in [7, 11) is -1.96. The molecule has 0 spiro atoms. The monoisotopic (exact) mass is 590 g/mol. The Balaban J connectivity index is 1.36. The number of fused-ring (bicyclic) bond motifs is 3. The van der Waals surface area contributed by atoms with Gasteiger partial charge in [-0.1, -0.05) is 182 Å². The molecule has 0 fully saturated rings. The Bertz CT molecular complexity index is 2310. The second-order valence-corrected chi connectivity index (χ2v) is 16.9. The minimum absolute atomic E-state index is 1.23. The summed E-state index contributed by atoms with van der Waals surface area (Å²) in [6.45, 7) is 4.96. The summed E-state index contributed by atoms with van der Waals surface area (Å²) >= 11 is 0. The van der Waals surface area contributed by atoms with Crippen molar-refractivity contribution >= 4 is 50.8 Å². The molecule has 0 saturated carbocycles. The molecule has 0 aromatic heterocycles.